The van der Waals surface area contributed by atoms with Gasteiger partial charge in [0.25, 0.3) is 0 Å². The lowest BCUT2D eigenvalue weighted by Crippen LogP contribution is -2.14. The molecule has 0 aliphatic heterocycles. The average Bonchev–Trinajstić information content (AvgIpc) is 2.84. The molecule has 1 atom stereocenters. The van der Waals surface area contributed by atoms with Crippen LogP contribution in [0.5, 0.6) is 0 Å². The molecule has 1 N–H and O–H groups in total. The molecule has 3 nitrogen and oxygen atoms in total. The topological polar surface area (TPSA) is 37.8 Å². The first-order valence-corrected chi connectivity index (χ1v) is 7.60. The Kier molecular flexibility index (Phi) is 4.72. The lowest BCUT2D eigenvalue weighted by Gasteiger charge is -2.08. The minimum absolute atomic E-state index is 0.266. The third-order valence-electron chi connectivity index (χ3n) is 2.66. The van der Waals surface area contributed by atoms with E-state index in [1.54, 1.807) is 11.3 Å². The molecule has 0 saturated heterocycles. The van der Waals surface area contributed by atoms with Gasteiger partial charge in [0.05, 0.1) is 11.1 Å². The summed E-state index contributed by atoms with van der Waals surface area (Å²) in [6, 6.07) is 6.08. The zero-order valence-corrected chi connectivity index (χ0v) is 13.2. The summed E-state index contributed by atoms with van der Waals surface area (Å²) < 4.78 is 0.888. The van der Waals surface area contributed by atoms with Crippen molar-refractivity contribution in [2.24, 2.45) is 0 Å². The van der Waals surface area contributed by atoms with Crippen LogP contribution in [0.1, 0.15) is 24.4 Å². The van der Waals surface area contributed by atoms with Crippen molar-refractivity contribution < 1.29 is 0 Å². The van der Waals surface area contributed by atoms with Crippen LogP contribution in [0, 0.1) is 0 Å². The van der Waals surface area contributed by atoms with Crippen LogP contribution in [0.25, 0.3) is 10.6 Å². The molecule has 0 amide bonds. The maximum Gasteiger partial charge on any atom is 0.147 e. The second-order valence-corrected chi connectivity index (χ2v) is 6.09. The number of hydrogen-bond donors (Lipinski definition) is 1. The highest BCUT2D eigenvalue weighted by Gasteiger charge is 2.14. The summed E-state index contributed by atoms with van der Waals surface area (Å²) in [7, 11) is 1.94. The molecule has 0 saturated carbocycles. The van der Waals surface area contributed by atoms with E-state index in [-0.39, 0.29) is 6.04 Å². The normalized spacial score (nSPS) is 12.7. The molecular weight excluding hydrogens is 334 g/mol. The van der Waals surface area contributed by atoms with Gasteiger partial charge < -0.3 is 5.32 Å². The van der Waals surface area contributed by atoms with Crippen LogP contribution < -0.4 is 5.32 Å². The number of aromatic nitrogens is 2. The highest BCUT2D eigenvalue weighted by molar-refractivity contribution is 9.10. The van der Waals surface area contributed by atoms with Gasteiger partial charge in [0.2, 0.25) is 0 Å². The van der Waals surface area contributed by atoms with Crippen LogP contribution in [0.15, 0.2) is 22.7 Å². The molecule has 0 fully saturated rings. The molecular formula is C12H13BrClN3S. The fraction of sp³-hybridized carbons (Fsp3) is 0.333. The van der Waals surface area contributed by atoms with Crippen molar-refractivity contribution in [2.75, 3.05) is 7.05 Å². The second kappa shape index (κ2) is 6.10. The van der Waals surface area contributed by atoms with Crippen molar-refractivity contribution in [2.45, 2.75) is 19.4 Å². The van der Waals surface area contributed by atoms with E-state index in [0.717, 1.165) is 26.5 Å². The molecule has 2 rings (SSSR count). The van der Waals surface area contributed by atoms with Crippen molar-refractivity contribution >= 4 is 38.9 Å². The molecule has 18 heavy (non-hydrogen) atoms. The highest BCUT2D eigenvalue weighted by atomic mass is 79.9. The van der Waals surface area contributed by atoms with E-state index in [1.165, 1.54) is 0 Å². The third-order valence-corrected chi connectivity index (χ3v) is 4.98. The third kappa shape index (κ3) is 2.91. The standard InChI is InChI=1S/C12H13BrClN3S/c1-3-10(15-2)12-17-16-11(18-12)7-4-5-8(13)9(14)6-7/h4-6,10,15H,3H2,1-2H3. The van der Waals surface area contributed by atoms with Gasteiger partial charge in [0, 0.05) is 10.0 Å². The fourth-order valence-electron chi connectivity index (χ4n) is 1.62. The lowest BCUT2D eigenvalue weighted by molar-refractivity contribution is 0.568. The van der Waals surface area contributed by atoms with E-state index in [2.05, 4.69) is 38.4 Å². The van der Waals surface area contributed by atoms with Crippen LogP contribution in [-0.4, -0.2) is 17.2 Å². The maximum absolute atomic E-state index is 6.08. The summed E-state index contributed by atoms with van der Waals surface area (Å²) in [6.45, 7) is 2.12. The first-order valence-electron chi connectivity index (χ1n) is 5.61. The molecule has 2 aromatic rings. The Bertz CT molecular complexity index is 540. The van der Waals surface area contributed by atoms with Crippen LogP contribution in [0.4, 0.5) is 0 Å². The average molecular weight is 347 g/mol. The number of rotatable bonds is 4. The molecule has 0 bridgehead atoms. The quantitative estimate of drug-likeness (QED) is 0.897. The van der Waals surface area contributed by atoms with Gasteiger partial charge in [-0.05, 0) is 41.5 Å². The Labute approximate surface area is 124 Å². The fourth-order valence-corrected chi connectivity index (χ4v) is 3.08. The summed E-state index contributed by atoms with van der Waals surface area (Å²) in [5, 5.41) is 14.3. The van der Waals surface area contributed by atoms with E-state index in [4.69, 9.17) is 11.6 Å². The molecule has 6 heteroatoms. The number of nitrogens with zero attached hydrogens (tertiary/aromatic N) is 2. The van der Waals surface area contributed by atoms with Gasteiger partial charge in [0.15, 0.2) is 0 Å². The zero-order chi connectivity index (χ0) is 13.1. The predicted molar refractivity (Wildman–Crippen MR) is 80.1 cm³/mol. The summed E-state index contributed by atoms with van der Waals surface area (Å²) in [5.74, 6) is 0. The summed E-state index contributed by atoms with van der Waals surface area (Å²) >= 11 is 11.1. The van der Waals surface area contributed by atoms with Gasteiger partial charge in [-0.3, -0.25) is 0 Å². The molecule has 0 spiro atoms. The van der Waals surface area contributed by atoms with Crippen molar-refractivity contribution in [3.8, 4) is 10.6 Å². The van der Waals surface area contributed by atoms with Gasteiger partial charge in [0.1, 0.15) is 10.0 Å². The second-order valence-electron chi connectivity index (χ2n) is 3.82. The zero-order valence-electron chi connectivity index (χ0n) is 10.1. The summed E-state index contributed by atoms with van der Waals surface area (Å²) in [6.07, 6.45) is 0.992. The van der Waals surface area contributed by atoms with E-state index < -0.39 is 0 Å². The minimum Gasteiger partial charge on any atom is -0.311 e. The largest absolute Gasteiger partial charge is 0.311 e. The monoisotopic (exact) mass is 345 g/mol. The minimum atomic E-state index is 0.266. The Balaban J connectivity index is 2.31. The van der Waals surface area contributed by atoms with Crippen LogP contribution >= 0.6 is 38.9 Å². The molecule has 0 radical (unpaired) electrons. The van der Waals surface area contributed by atoms with Gasteiger partial charge >= 0.3 is 0 Å². The number of benzene rings is 1. The SMILES string of the molecule is CCC(NC)c1nnc(-c2ccc(Br)c(Cl)c2)s1. The molecule has 0 aliphatic carbocycles. The first kappa shape index (κ1) is 13.9. The molecule has 1 aromatic heterocycles. The molecule has 0 aliphatic rings. The number of hydrogen-bond acceptors (Lipinski definition) is 4. The predicted octanol–water partition coefficient (Wildman–Crippen LogP) is 4.29. The first-order chi connectivity index (χ1) is 8.65. The van der Waals surface area contributed by atoms with Crippen molar-refractivity contribution in [3.05, 3.63) is 32.7 Å². The summed E-state index contributed by atoms with van der Waals surface area (Å²) in [5.41, 5.74) is 0.998. The van der Waals surface area contributed by atoms with E-state index in [0.29, 0.717) is 5.02 Å². The van der Waals surface area contributed by atoms with E-state index >= 15 is 0 Å². The van der Waals surface area contributed by atoms with Crippen LogP contribution in [0.3, 0.4) is 0 Å². The van der Waals surface area contributed by atoms with Gasteiger partial charge in [-0.15, -0.1) is 10.2 Å². The van der Waals surface area contributed by atoms with Crippen LogP contribution in [0.2, 0.25) is 5.02 Å². The molecule has 1 aromatic carbocycles. The van der Waals surface area contributed by atoms with Crippen molar-refractivity contribution in [1.82, 2.24) is 15.5 Å². The maximum atomic E-state index is 6.08. The smallest absolute Gasteiger partial charge is 0.147 e. The van der Waals surface area contributed by atoms with Gasteiger partial charge in [-0.2, -0.15) is 0 Å². The Hall–Kier alpha value is -0.490. The van der Waals surface area contributed by atoms with E-state index in [1.807, 2.05) is 25.2 Å². The van der Waals surface area contributed by atoms with Crippen molar-refractivity contribution in [3.63, 3.8) is 0 Å². The van der Waals surface area contributed by atoms with Gasteiger partial charge in [-0.1, -0.05) is 35.9 Å². The summed E-state index contributed by atoms with van der Waals surface area (Å²) in [4.78, 5) is 0. The van der Waals surface area contributed by atoms with Gasteiger partial charge in [-0.25, -0.2) is 0 Å². The Morgan fingerprint density at radius 2 is 2.22 bits per heavy atom. The molecule has 96 valence electrons. The van der Waals surface area contributed by atoms with Crippen molar-refractivity contribution in [1.29, 1.82) is 0 Å². The highest BCUT2D eigenvalue weighted by Crippen LogP contribution is 2.32. The Morgan fingerprint density at radius 3 is 2.83 bits per heavy atom. The molecule has 1 unspecified atom stereocenters. The Morgan fingerprint density at radius 1 is 1.44 bits per heavy atom. The molecule has 1 heterocycles. The number of nitrogens with one attached hydrogen (secondary N) is 1. The van der Waals surface area contributed by atoms with E-state index in [9.17, 15) is 0 Å². The number of halogens is 2. The van der Waals surface area contributed by atoms with Crippen LogP contribution in [-0.2, 0) is 0 Å². The lowest BCUT2D eigenvalue weighted by atomic mass is 10.2.